The number of para-hydroxylation sites is 2. The molecule has 0 N–H and O–H groups in total. The molecule has 3 rings (SSSR count). The van der Waals surface area contributed by atoms with Crippen LogP contribution in [0.1, 0.15) is 17.5 Å². The molecule has 0 spiro atoms. The Morgan fingerprint density at radius 3 is 2.46 bits per heavy atom. The van der Waals surface area contributed by atoms with E-state index in [9.17, 15) is 14.0 Å². The molecule has 0 radical (unpaired) electrons. The van der Waals surface area contributed by atoms with E-state index in [4.69, 9.17) is 4.74 Å². The number of anilines is 1. The fourth-order valence-corrected chi connectivity index (χ4v) is 2.91. The van der Waals surface area contributed by atoms with E-state index in [1.165, 1.54) is 17.0 Å². The van der Waals surface area contributed by atoms with Gasteiger partial charge in [0, 0.05) is 13.0 Å². The van der Waals surface area contributed by atoms with Crippen LogP contribution in [0.4, 0.5) is 10.1 Å². The number of nitrogens with zero attached hydrogens (tertiary/aromatic N) is 1. The molecule has 0 saturated carbocycles. The predicted octanol–water partition coefficient (Wildman–Crippen LogP) is 3.40. The Morgan fingerprint density at radius 2 is 1.79 bits per heavy atom. The molecule has 1 aliphatic rings. The lowest BCUT2D eigenvalue weighted by atomic mass is 10.1. The van der Waals surface area contributed by atoms with Crippen molar-refractivity contribution >= 4 is 17.6 Å². The zero-order valence-electron chi connectivity index (χ0n) is 13.6. The number of ether oxygens (including phenoxy) is 1. The molecule has 4 nitrogen and oxygen atoms in total. The van der Waals surface area contributed by atoms with Crippen molar-refractivity contribution in [3.63, 3.8) is 0 Å². The second-order valence-corrected chi connectivity index (χ2v) is 6.00. The minimum absolute atomic E-state index is 0.0259. The molecule has 0 bridgehead atoms. The van der Waals surface area contributed by atoms with Gasteiger partial charge in [-0.25, -0.2) is 4.39 Å². The summed E-state index contributed by atoms with van der Waals surface area (Å²) < 4.78 is 19.4. The molecule has 1 fully saturated rings. The number of rotatable bonds is 3. The van der Waals surface area contributed by atoms with Crippen molar-refractivity contribution in [3.05, 3.63) is 59.4 Å². The molecule has 1 saturated heterocycles. The van der Waals surface area contributed by atoms with E-state index in [0.29, 0.717) is 5.75 Å². The van der Waals surface area contributed by atoms with Crippen LogP contribution in [0.5, 0.6) is 5.75 Å². The topological polar surface area (TPSA) is 46.6 Å². The molecule has 2 aromatic carbocycles. The van der Waals surface area contributed by atoms with Gasteiger partial charge in [0.05, 0.1) is 11.6 Å². The lowest BCUT2D eigenvalue weighted by molar-refractivity contribution is -0.139. The first-order valence-corrected chi connectivity index (χ1v) is 7.80. The van der Waals surface area contributed by atoms with Gasteiger partial charge in [-0.1, -0.05) is 30.3 Å². The van der Waals surface area contributed by atoms with E-state index in [-0.39, 0.29) is 24.6 Å². The maximum Gasteiger partial charge on any atom is 0.316 e. The fraction of sp³-hybridized carbons (Fsp3) is 0.263. The average molecular weight is 327 g/mol. The molecule has 124 valence electrons. The lowest BCUT2D eigenvalue weighted by Gasteiger charge is -2.17. The third-order valence-corrected chi connectivity index (χ3v) is 4.21. The number of carbonyl (C=O) groups excluding carboxylic acids is 2. The molecule has 1 unspecified atom stereocenters. The molecule has 2 aromatic rings. The average Bonchev–Trinajstić information content (AvgIpc) is 2.93. The molecule has 1 atom stereocenters. The number of amides is 1. The highest BCUT2D eigenvalue weighted by atomic mass is 19.1. The minimum atomic E-state index is -0.601. The molecular weight excluding hydrogens is 309 g/mol. The van der Waals surface area contributed by atoms with Crippen molar-refractivity contribution < 1.29 is 18.7 Å². The largest absolute Gasteiger partial charge is 0.426 e. The first-order chi connectivity index (χ1) is 11.5. The summed E-state index contributed by atoms with van der Waals surface area (Å²) in [6, 6.07) is 11.7. The molecule has 24 heavy (non-hydrogen) atoms. The number of benzene rings is 2. The molecule has 1 aliphatic heterocycles. The molecule has 0 aliphatic carbocycles. The molecule has 1 heterocycles. The van der Waals surface area contributed by atoms with Gasteiger partial charge in [0.25, 0.3) is 0 Å². The number of hydrogen-bond donors (Lipinski definition) is 0. The molecule has 0 aromatic heterocycles. The lowest BCUT2D eigenvalue weighted by Crippen LogP contribution is -2.28. The van der Waals surface area contributed by atoms with Crippen molar-refractivity contribution in [1.82, 2.24) is 0 Å². The van der Waals surface area contributed by atoms with E-state index < -0.39 is 17.7 Å². The first-order valence-electron chi connectivity index (χ1n) is 7.80. The van der Waals surface area contributed by atoms with Crippen LogP contribution < -0.4 is 9.64 Å². The smallest absolute Gasteiger partial charge is 0.316 e. The Kier molecular flexibility index (Phi) is 4.34. The van der Waals surface area contributed by atoms with E-state index in [2.05, 4.69) is 0 Å². The zero-order chi connectivity index (χ0) is 17.3. The van der Waals surface area contributed by atoms with Gasteiger partial charge < -0.3 is 9.64 Å². The highest BCUT2D eigenvalue weighted by Gasteiger charge is 2.37. The third-order valence-electron chi connectivity index (χ3n) is 4.21. The SMILES string of the molecule is Cc1cccc(C)c1OC(=O)C1CC(=O)N(c2ccccc2F)C1. The van der Waals surface area contributed by atoms with E-state index in [1.54, 1.807) is 12.1 Å². The summed E-state index contributed by atoms with van der Waals surface area (Å²) in [5.74, 6) is -1.28. The number of carbonyl (C=O) groups is 2. The standard InChI is InChI=1S/C19H18FNO3/c1-12-6-5-7-13(2)18(12)24-19(23)14-10-17(22)21(11-14)16-9-4-3-8-15(16)20/h3-9,14H,10-11H2,1-2H3. The Bertz CT molecular complexity index is 783. The molecule has 5 heteroatoms. The summed E-state index contributed by atoms with van der Waals surface area (Å²) in [5.41, 5.74) is 1.92. The van der Waals surface area contributed by atoms with Crippen LogP contribution in [0.15, 0.2) is 42.5 Å². The van der Waals surface area contributed by atoms with Crippen molar-refractivity contribution in [2.75, 3.05) is 11.4 Å². The van der Waals surface area contributed by atoms with Gasteiger partial charge in [0.1, 0.15) is 11.6 Å². The van der Waals surface area contributed by atoms with Gasteiger partial charge in [0.15, 0.2) is 0 Å². The summed E-state index contributed by atoms with van der Waals surface area (Å²) in [7, 11) is 0. The van der Waals surface area contributed by atoms with E-state index in [0.717, 1.165) is 11.1 Å². The normalized spacial score (nSPS) is 17.2. The van der Waals surface area contributed by atoms with Gasteiger partial charge in [-0.2, -0.15) is 0 Å². The van der Waals surface area contributed by atoms with Crippen molar-refractivity contribution in [1.29, 1.82) is 0 Å². The summed E-state index contributed by atoms with van der Waals surface area (Å²) in [5, 5.41) is 0. The van der Waals surface area contributed by atoms with Crippen molar-refractivity contribution in [2.24, 2.45) is 5.92 Å². The van der Waals surface area contributed by atoms with Crippen LogP contribution in [-0.4, -0.2) is 18.4 Å². The van der Waals surface area contributed by atoms with E-state index >= 15 is 0 Å². The Labute approximate surface area is 139 Å². The Balaban J connectivity index is 1.76. The Hall–Kier alpha value is -2.69. The van der Waals surface area contributed by atoms with Crippen LogP contribution >= 0.6 is 0 Å². The quantitative estimate of drug-likeness (QED) is 0.641. The second-order valence-electron chi connectivity index (χ2n) is 6.00. The van der Waals surface area contributed by atoms with Crippen molar-refractivity contribution in [2.45, 2.75) is 20.3 Å². The van der Waals surface area contributed by atoms with Gasteiger partial charge in [0.2, 0.25) is 5.91 Å². The van der Waals surface area contributed by atoms with Crippen LogP contribution in [0.2, 0.25) is 0 Å². The number of aryl methyl sites for hydroxylation is 2. The number of esters is 1. The highest BCUT2D eigenvalue weighted by molar-refractivity contribution is 5.99. The molecule has 1 amide bonds. The van der Waals surface area contributed by atoms with Gasteiger partial charge in [-0.3, -0.25) is 9.59 Å². The summed E-state index contributed by atoms with van der Waals surface area (Å²) in [4.78, 5) is 25.9. The third kappa shape index (κ3) is 3.02. The van der Waals surface area contributed by atoms with Crippen LogP contribution in [-0.2, 0) is 9.59 Å². The summed E-state index contributed by atoms with van der Waals surface area (Å²) in [6.07, 6.45) is 0.0259. The maximum atomic E-state index is 13.9. The van der Waals surface area contributed by atoms with Crippen molar-refractivity contribution in [3.8, 4) is 5.75 Å². The number of hydrogen-bond acceptors (Lipinski definition) is 3. The van der Waals surface area contributed by atoms with E-state index in [1.807, 2.05) is 32.0 Å². The second kappa shape index (κ2) is 6.43. The molecular formula is C19H18FNO3. The number of halogens is 1. The van der Waals surface area contributed by atoms with Gasteiger partial charge in [-0.05, 0) is 37.1 Å². The van der Waals surface area contributed by atoms with Gasteiger partial charge >= 0.3 is 5.97 Å². The Morgan fingerprint density at radius 1 is 1.12 bits per heavy atom. The van der Waals surface area contributed by atoms with Gasteiger partial charge in [-0.15, -0.1) is 0 Å². The van der Waals surface area contributed by atoms with Crippen LogP contribution in [0, 0.1) is 25.6 Å². The summed E-state index contributed by atoms with van der Waals surface area (Å²) >= 11 is 0. The first kappa shape index (κ1) is 16.2. The highest BCUT2D eigenvalue weighted by Crippen LogP contribution is 2.29. The van der Waals surface area contributed by atoms with Crippen LogP contribution in [0.25, 0.3) is 0 Å². The minimum Gasteiger partial charge on any atom is -0.426 e. The van der Waals surface area contributed by atoms with Crippen LogP contribution in [0.3, 0.4) is 0 Å². The fourth-order valence-electron chi connectivity index (χ4n) is 2.91. The summed E-state index contributed by atoms with van der Waals surface area (Å²) in [6.45, 7) is 3.85. The monoisotopic (exact) mass is 327 g/mol. The predicted molar refractivity (Wildman–Crippen MR) is 88.4 cm³/mol. The zero-order valence-corrected chi connectivity index (χ0v) is 13.6. The maximum absolute atomic E-state index is 13.9.